The topological polar surface area (TPSA) is 150 Å². The molecular weight excluding hydrogens is 1170 g/mol. The van der Waals surface area contributed by atoms with Crippen LogP contribution in [0.4, 0.5) is 52.7 Å². The van der Waals surface area contributed by atoms with E-state index in [-0.39, 0.29) is 73.2 Å². The number of alkyl halides is 13. The molecule has 0 atom stereocenters. The molecule has 0 unspecified atom stereocenters. The Morgan fingerprint density at radius 2 is 0.650 bits per heavy atom. The summed E-state index contributed by atoms with van der Waals surface area (Å²) >= 11 is 3.18. The van der Waals surface area contributed by atoms with Gasteiger partial charge in [-0.1, -0.05) is 101 Å². The summed E-state index contributed by atoms with van der Waals surface area (Å²) in [6.45, 7) is 0.448. The Hall–Kier alpha value is -8.46. The number of benzene rings is 7. The summed E-state index contributed by atoms with van der Waals surface area (Å²) in [7, 11) is 0. The number of hydrogen-bond donors (Lipinski definition) is 3. The fourth-order valence-corrected chi connectivity index (χ4v) is 7.91. The van der Waals surface area contributed by atoms with Crippen LogP contribution in [0.15, 0.2) is 184 Å². The number of aromatic amines is 3. The molecule has 3 heterocycles. The van der Waals surface area contributed by atoms with E-state index in [0.29, 0.717) is 38.6 Å². The number of H-pyrrole nitrogens is 3. The van der Waals surface area contributed by atoms with E-state index in [1.54, 1.807) is 48.5 Å². The molecule has 0 spiro atoms. The zero-order valence-corrected chi connectivity index (χ0v) is 43.2. The van der Waals surface area contributed by atoms with E-state index in [2.05, 4.69) is 49.8 Å². The normalized spacial score (nSPS) is 11.6. The van der Waals surface area contributed by atoms with Crippen molar-refractivity contribution in [2.24, 2.45) is 0 Å². The highest BCUT2D eigenvalue weighted by molar-refractivity contribution is 9.08. The number of rotatable bonds is 11. The van der Waals surface area contributed by atoms with Gasteiger partial charge in [0, 0.05) is 5.33 Å². The van der Waals surface area contributed by atoms with E-state index in [1.807, 2.05) is 36.4 Å². The molecule has 0 saturated heterocycles. The summed E-state index contributed by atoms with van der Waals surface area (Å²) in [6, 6.07) is 43.1. The number of hydrogen-bond acceptors (Lipinski definition) is 7. The number of ether oxygens (including phenoxy) is 4. The number of nitrogens with one attached hydrogen (secondary N) is 3. The van der Waals surface area contributed by atoms with Crippen molar-refractivity contribution in [1.29, 1.82) is 0 Å². The van der Waals surface area contributed by atoms with E-state index in [9.17, 15) is 67.1 Å². The smallest absolute Gasteiger partial charge is 0.406 e. The Morgan fingerprint density at radius 3 is 0.975 bits per heavy atom. The average Bonchev–Trinajstić information content (AvgIpc) is 4.04. The van der Waals surface area contributed by atoms with Gasteiger partial charge in [-0.05, 0) is 107 Å². The van der Waals surface area contributed by atoms with Crippen molar-refractivity contribution in [3.05, 3.63) is 224 Å². The van der Waals surface area contributed by atoms with Gasteiger partial charge in [-0.25, -0.2) is 14.4 Å². The first-order valence-electron chi connectivity index (χ1n) is 22.8. The van der Waals surface area contributed by atoms with Crippen molar-refractivity contribution in [3.8, 4) is 23.0 Å². The number of para-hydroxylation sites is 6. The van der Waals surface area contributed by atoms with Crippen molar-refractivity contribution in [1.82, 2.24) is 28.7 Å². The first kappa shape index (κ1) is 60.8. The van der Waals surface area contributed by atoms with Crippen LogP contribution >= 0.6 is 29.4 Å². The minimum atomic E-state index is -4.80. The summed E-state index contributed by atoms with van der Waals surface area (Å²) in [6.07, 6.45) is -18.9. The van der Waals surface area contributed by atoms with Crippen LogP contribution < -0.4 is 36.0 Å². The van der Waals surface area contributed by atoms with Crippen LogP contribution in [0.25, 0.3) is 33.1 Å². The fraction of sp³-hybridized carbons (Fsp3) is 0.151. The third-order valence-electron chi connectivity index (χ3n) is 10.8. The second-order valence-corrected chi connectivity index (χ2v) is 17.1. The van der Waals surface area contributed by atoms with Gasteiger partial charge in [-0.3, -0.25) is 13.7 Å². The molecule has 0 aliphatic heterocycles. The first-order valence-corrected chi connectivity index (χ1v) is 23.9. The van der Waals surface area contributed by atoms with Gasteiger partial charge in [-0.2, -0.15) is 13.5 Å². The van der Waals surface area contributed by atoms with Crippen LogP contribution in [-0.2, 0) is 25.0 Å². The largest absolute Gasteiger partial charge is 0.573 e. The molecule has 0 saturated carbocycles. The molecule has 80 heavy (non-hydrogen) atoms. The second-order valence-electron chi connectivity index (χ2n) is 16.5. The van der Waals surface area contributed by atoms with Crippen molar-refractivity contribution < 1.29 is 71.6 Å². The molecule has 422 valence electrons. The van der Waals surface area contributed by atoms with Crippen LogP contribution in [0.3, 0.4) is 0 Å². The molecule has 0 aliphatic rings. The fourth-order valence-electron chi connectivity index (χ4n) is 7.54. The number of halogens is 13. The zero-order valence-electron chi connectivity index (χ0n) is 40.6. The van der Waals surface area contributed by atoms with Crippen molar-refractivity contribution in [3.63, 3.8) is 0 Å². The van der Waals surface area contributed by atoms with E-state index < -0.39 is 25.4 Å². The van der Waals surface area contributed by atoms with Crippen molar-refractivity contribution in [2.45, 2.75) is 50.4 Å². The predicted octanol–water partition coefficient (Wildman–Crippen LogP) is 13.4. The van der Waals surface area contributed by atoms with Crippen LogP contribution in [0.1, 0.15) is 22.3 Å². The van der Waals surface area contributed by atoms with Crippen molar-refractivity contribution >= 4 is 62.5 Å². The molecule has 0 radical (unpaired) electrons. The van der Waals surface area contributed by atoms with Gasteiger partial charge in [0.2, 0.25) is 0 Å². The Morgan fingerprint density at radius 1 is 0.362 bits per heavy atom. The molecule has 0 bridgehead atoms. The summed E-state index contributed by atoms with van der Waals surface area (Å²) in [4.78, 5) is 43.8. The van der Waals surface area contributed by atoms with E-state index >= 15 is 0 Å². The van der Waals surface area contributed by atoms with E-state index in [0.717, 1.165) is 46.4 Å². The lowest BCUT2D eigenvalue weighted by atomic mass is 10.2. The molecule has 0 amide bonds. The maximum Gasteiger partial charge on any atom is 0.573 e. The van der Waals surface area contributed by atoms with Gasteiger partial charge in [0.25, 0.3) is 0 Å². The summed E-state index contributed by atoms with van der Waals surface area (Å²) in [5.74, 6) is -1.23. The van der Waals surface area contributed by atoms with Crippen LogP contribution in [0.2, 0.25) is 0 Å². The average molecular weight is 1210 g/mol. The third-order valence-corrected chi connectivity index (χ3v) is 11.5. The third kappa shape index (κ3) is 18.0. The molecule has 10 aromatic rings. The molecule has 10 rings (SSSR count). The highest BCUT2D eigenvalue weighted by Gasteiger charge is 2.33. The first-order chi connectivity index (χ1) is 37.3. The summed E-state index contributed by atoms with van der Waals surface area (Å²) in [5.41, 5.74) is 6.30. The van der Waals surface area contributed by atoms with Gasteiger partial charge >= 0.3 is 42.5 Å². The monoisotopic (exact) mass is 1210 g/mol. The molecule has 13 nitrogen and oxygen atoms in total. The lowest BCUT2D eigenvalue weighted by molar-refractivity contribution is -0.275. The van der Waals surface area contributed by atoms with Gasteiger partial charge in [0.05, 0.1) is 52.7 Å². The SMILES string of the molecule is FC(F)(F)Oc1ccc(CBr)cc1.O=c1[nH]c2ccccc2[nH]1.O=c1[nH]c2ccccc2n1Cc1ccc(OC(F)(F)F)cc1.O=c1n(Cc2ccc(OC(F)(F)F)cc2)c2ccccc2n1Cc1ccc(OC(F)(F)F)cc1.S. The predicted molar refractivity (Wildman–Crippen MR) is 280 cm³/mol. The Balaban J connectivity index is 0.000000191. The molecule has 3 N–H and O–H groups in total. The minimum absolute atomic E-state index is 0. The maximum atomic E-state index is 13.2. The van der Waals surface area contributed by atoms with Crippen LogP contribution in [-0.4, -0.2) is 54.1 Å². The summed E-state index contributed by atoms with van der Waals surface area (Å²) < 4.78 is 165. The maximum absolute atomic E-state index is 13.2. The lowest BCUT2D eigenvalue weighted by Crippen LogP contribution is -2.25. The Labute approximate surface area is 458 Å². The Kier molecular flexibility index (Phi) is 19.7. The molecule has 3 aromatic heterocycles. The van der Waals surface area contributed by atoms with E-state index in [4.69, 9.17) is 0 Å². The standard InChI is InChI=1S/C23H16F6N2O3.C15H11F3N2O2.C8H6BrF3O.C7H6N2O.H2S/c24-22(25,26)33-17-9-5-15(6-10-17)13-30-19-3-1-2-4-20(19)31(21(30)32)14-16-7-11-18(12-8-16)34-23(27,28)29;16-15(17,18)22-11-7-5-10(6-8-11)9-20-13-4-2-1-3-12(13)19-14(20)21;9-5-6-1-3-7(4-2-6)13-8(10,11)12;10-7-8-5-3-1-2-4-6(5)9-7;/h1-12H,13-14H2;1-8H,9H2,(H,19,21);1-4H,5H2;1-4H,(H2,8,9,10);1H2. The molecule has 0 fully saturated rings. The Bertz CT molecular complexity index is 3640. The van der Waals surface area contributed by atoms with E-state index in [1.165, 1.54) is 74.4 Å². The zero-order chi connectivity index (χ0) is 57.1. The lowest BCUT2D eigenvalue weighted by Gasteiger charge is -2.10. The minimum Gasteiger partial charge on any atom is -0.406 e. The second kappa shape index (κ2) is 26.0. The number of fused-ring (bicyclic) bond motifs is 3. The molecule has 0 aliphatic carbocycles. The quantitative estimate of drug-likeness (QED) is 0.0862. The number of nitrogens with zero attached hydrogens (tertiary/aromatic N) is 3. The highest BCUT2D eigenvalue weighted by Crippen LogP contribution is 2.27. The molecular formula is C53H41BrF12N6O7S. The number of imidazole rings is 3. The van der Waals surface area contributed by atoms with Gasteiger partial charge in [-0.15, -0.1) is 52.7 Å². The number of aromatic nitrogens is 6. The van der Waals surface area contributed by atoms with Gasteiger partial charge < -0.3 is 33.9 Å². The molecule has 7 aromatic carbocycles. The highest BCUT2D eigenvalue weighted by atomic mass is 79.9. The van der Waals surface area contributed by atoms with Crippen LogP contribution in [0.5, 0.6) is 23.0 Å². The molecule has 27 heteroatoms. The van der Waals surface area contributed by atoms with Crippen LogP contribution in [0, 0.1) is 0 Å². The summed E-state index contributed by atoms with van der Waals surface area (Å²) in [5, 5.41) is 0.610. The van der Waals surface area contributed by atoms with Crippen molar-refractivity contribution in [2.75, 3.05) is 0 Å². The van der Waals surface area contributed by atoms with Gasteiger partial charge in [0.1, 0.15) is 23.0 Å². The van der Waals surface area contributed by atoms with Gasteiger partial charge in [0.15, 0.2) is 0 Å².